The largest absolute Gasteiger partial charge is 0.444 e. The normalized spacial score (nSPS) is 14.2. The Labute approximate surface area is 210 Å². The van der Waals surface area contributed by atoms with Crippen molar-refractivity contribution in [2.24, 2.45) is 0 Å². The van der Waals surface area contributed by atoms with E-state index >= 15 is 0 Å². The van der Waals surface area contributed by atoms with Gasteiger partial charge in [0.25, 0.3) is 5.91 Å². The monoisotopic (exact) mass is 490 g/mol. The van der Waals surface area contributed by atoms with E-state index in [9.17, 15) is 14.4 Å². The number of hydrogen-bond acceptors (Lipinski definition) is 6. The van der Waals surface area contributed by atoms with Crippen LogP contribution >= 0.6 is 0 Å². The van der Waals surface area contributed by atoms with Crippen molar-refractivity contribution in [3.05, 3.63) is 72.7 Å². The number of para-hydroxylation sites is 1. The van der Waals surface area contributed by atoms with Crippen molar-refractivity contribution in [2.75, 3.05) is 13.1 Å². The zero-order valence-corrected chi connectivity index (χ0v) is 20.6. The number of carbonyl (C=O) groups is 3. The van der Waals surface area contributed by atoms with Gasteiger partial charge in [-0.3, -0.25) is 4.79 Å². The van der Waals surface area contributed by atoms with E-state index in [1.165, 1.54) is 10.9 Å². The zero-order chi connectivity index (χ0) is 25.7. The van der Waals surface area contributed by atoms with E-state index in [1.807, 2.05) is 32.9 Å². The third kappa shape index (κ3) is 6.50. The van der Waals surface area contributed by atoms with Gasteiger partial charge < -0.3 is 19.7 Å². The molecule has 3 aromatic rings. The van der Waals surface area contributed by atoms with Gasteiger partial charge in [-0.2, -0.15) is 0 Å². The number of aromatic nitrogens is 2. The lowest BCUT2D eigenvalue weighted by Crippen LogP contribution is -2.47. The van der Waals surface area contributed by atoms with Gasteiger partial charge in [0.05, 0.1) is 5.69 Å². The molecule has 1 aliphatic rings. The summed E-state index contributed by atoms with van der Waals surface area (Å²) in [7, 11) is 0. The zero-order valence-electron chi connectivity index (χ0n) is 20.6. The lowest BCUT2D eigenvalue weighted by molar-refractivity contribution is 0.0199. The van der Waals surface area contributed by atoms with Crippen molar-refractivity contribution in [3.63, 3.8) is 0 Å². The first-order valence-electron chi connectivity index (χ1n) is 11.9. The SMILES string of the molecule is CC(C)(C)OC(=O)N1CCC(NC(=O)c2cccc(-c3cn(C(=O)Oc4ccccc4)cn3)c2)CC1. The maximum absolute atomic E-state index is 12.9. The molecule has 0 atom stereocenters. The predicted molar refractivity (Wildman–Crippen MR) is 134 cm³/mol. The third-order valence-corrected chi connectivity index (χ3v) is 5.64. The molecular formula is C27H30N4O5. The van der Waals surface area contributed by atoms with E-state index in [2.05, 4.69) is 10.3 Å². The number of hydrogen-bond donors (Lipinski definition) is 1. The highest BCUT2D eigenvalue weighted by atomic mass is 16.6. The van der Waals surface area contributed by atoms with Crippen LogP contribution in [0, 0.1) is 0 Å². The van der Waals surface area contributed by atoms with Gasteiger partial charge in [0.2, 0.25) is 0 Å². The van der Waals surface area contributed by atoms with E-state index in [0.717, 1.165) is 0 Å². The fourth-order valence-electron chi connectivity index (χ4n) is 3.84. The number of piperidine rings is 1. The van der Waals surface area contributed by atoms with Crippen LogP contribution in [0.2, 0.25) is 0 Å². The summed E-state index contributed by atoms with van der Waals surface area (Å²) in [6.45, 7) is 6.57. The summed E-state index contributed by atoms with van der Waals surface area (Å²) in [6.07, 6.45) is 3.34. The average Bonchev–Trinajstić information content (AvgIpc) is 3.35. The molecule has 0 aliphatic carbocycles. The smallest absolute Gasteiger partial charge is 0.424 e. The molecule has 2 amide bonds. The van der Waals surface area contributed by atoms with Crippen molar-refractivity contribution in [3.8, 4) is 17.0 Å². The first-order chi connectivity index (χ1) is 17.2. The molecule has 0 bridgehead atoms. The molecule has 0 radical (unpaired) electrons. The molecule has 0 saturated carbocycles. The first kappa shape index (κ1) is 25.0. The number of carbonyl (C=O) groups excluding carboxylic acids is 3. The molecule has 2 heterocycles. The molecule has 0 spiro atoms. The van der Waals surface area contributed by atoms with Gasteiger partial charge in [0.1, 0.15) is 17.7 Å². The van der Waals surface area contributed by atoms with E-state index in [0.29, 0.717) is 48.5 Å². The van der Waals surface area contributed by atoms with E-state index in [-0.39, 0.29) is 18.0 Å². The van der Waals surface area contributed by atoms with Crippen LogP contribution in [0.3, 0.4) is 0 Å². The number of rotatable bonds is 4. The fourth-order valence-corrected chi connectivity index (χ4v) is 3.84. The van der Waals surface area contributed by atoms with Crippen molar-refractivity contribution < 1.29 is 23.9 Å². The summed E-state index contributed by atoms with van der Waals surface area (Å²) < 4.78 is 12.0. The second kappa shape index (κ2) is 10.6. The number of amides is 2. The van der Waals surface area contributed by atoms with Crippen molar-refractivity contribution in [2.45, 2.75) is 45.3 Å². The molecule has 1 N–H and O–H groups in total. The van der Waals surface area contributed by atoms with Crippen LogP contribution in [0.15, 0.2) is 67.1 Å². The Hall–Kier alpha value is -4.14. The molecule has 1 saturated heterocycles. The van der Waals surface area contributed by atoms with Gasteiger partial charge in [0, 0.05) is 36.5 Å². The van der Waals surface area contributed by atoms with E-state index < -0.39 is 11.7 Å². The van der Waals surface area contributed by atoms with Gasteiger partial charge in [-0.15, -0.1) is 0 Å². The number of benzene rings is 2. The number of nitrogens with one attached hydrogen (secondary N) is 1. The Balaban J connectivity index is 1.34. The average molecular weight is 491 g/mol. The van der Waals surface area contributed by atoms with Crippen molar-refractivity contribution in [1.29, 1.82) is 0 Å². The molecule has 188 valence electrons. The summed E-state index contributed by atoms with van der Waals surface area (Å²) >= 11 is 0. The number of likely N-dealkylation sites (tertiary alicyclic amines) is 1. The molecule has 1 aromatic heterocycles. The van der Waals surface area contributed by atoms with Crippen LogP contribution in [0.1, 0.15) is 44.0 Å². The Bertz CT molecular complexity index is 1220. The molecule has 9 nitrogen and oxygen atoms in total. The van der Waals surface area contributed by atoms with Crippen LogP contribution in [0.25, 0.3) is 11.3 Å². The van der Waals surface area contributed by atoms with Gasteiger partial charge in [-0.1, -0.05) is 30.3 Å². The molecule has 1 aliphatic heterocycles. The highest BCUT2D eigenvalue weighted by Crippen LogP contribution is 2.20. The molecule has 0 unspecified atom stereocenters. The number of ether oxygens (including phenoxy) is 2. The van der Waals surface area contributed by atoms with Crippen molar-refractivity contribution >= 4 is 18.1 Å². The second-order valence-electron chi connectivity index (χ2n) is 9.64. The minimum atomic E-state index is -0.577. The topological polar surface area (TPSA) is 103 Å². The highest BCUT2D eigenvalue weighted by molar-refractivity contribution is 5.95. The first-order valence-corrected chi connectivity index (χ1v) is 11.9. The second-order valence-corrected chi connectivity index (χ2v) is 9.64. The van der Waals surface area contributed by atoms with Gasteiger partial charge in [-0.25, -0.2) is 19.1 Å². The third-order valence-electron chi connectivity index (χ3n) is 5.64. The summed E-state index contributed by atoms with van der Waals surface area (Å²) in [5, 5.41) is 3.05. The highest BCUT2D eigenvalue weighted by Gasteiger charge is 2.27. The van der Waals surface area contributed by atoms with Crippen LogP contribution in [0.4, 0.5) is 9.59 Å². The Morgan fingerprint density at radius 2 is 1.69 bits per heavy atom. The van der Waals surface area contributed by atoms with Crippen molar-refractivity contribution in [1.82, 2.24) is 19.8 Å². The molecule has 36 heavy (non-hydrogen) atoms. The Morgan fingerprint density at radius 3 is 2.39 bits per heavy atom. The maximum atomic E-state index is 12.9. The summed E-state index contributed by atoms with van der Waals surface area (Å²) in [6, 6.07) is 15.8. The summed E-state index contributed by atoms with van der Waals surface area (Å²) in [4.78, 5) is 43.5. The minimum Gasteiger partial charge on any atom is -0.444 e. The van der Waals surface area contributed by atoms with Crippen LogP contribution in [0.5, 0.6) is 5.75 Å². The van der Waals surface area contributed by atoms with Crippen LogP contribution in [-0.2, 0) is 4.74 Å². The molecule has 2 aromatic carbocycles. The summed E-state index contributed by atoms with van der Waals surface area (Å²) in [5.74, 6) is 0.240. The van der Waals surface area contributed by atoms with E-state index in [1.54, 1.807) is 53.6 Å². The molecular weight excluding hydrogens is 460 g/mol. The maximum Gasteiger partial charge on any atom is 0.424 e. The van der Waals surface area contributed by atoms with Crippen LogP contribution in [-0.4, -0.2) is 57.3 Å². The van der Waals surface area contributed by atoms with Crippen LogP contribution < -0.4 is 10.1 Å². The quantitative estimate of drug-likeness (QED) is 0.567. The van der Waals surface area contributed by atoms with Gasteiger partial charge in [0.15, 0.2) is 0 Å². The standard InChI is InChI=1S/C27H30N4O5/c1-27(2,3)36-26(34)30-14-12-21(13-15-30)29-24(32)20-9-7-8-19(16-20)23-17-31(18-28-23)25(33)35-22-10-5-4-6-11-22/h4-11,16-18,21H,12-15H2,1-3H3,(H,29,32). The van der Waals surface area contributed by atoms with E-state index in [4.69, 9.17) is 9.47 Å². The minimum absolute atomic E-state index is 0.0354. The molecule has 4 rings (SSSR count). The number of imidazole rings is 1. The number of nitrogens with zero attached hydrogens (tertiary/aromatic N) is 3. The van der Waals surface area contributed by atoms with Gasteiger partial charge >= 0.3 is 12.2 Å². The predicted octanol–water partition coefficient (Wildman–Crippen LogP) is 4.73. The fraction of sp³-hybridized carbons (Fsp3) is 0.333. The summed E-state index contributed by atoms with van der Waals surface area (Å²) in [5.41, 5.74) is 1.20. The molecule has 1 fully saturated rings. The molecule has 9 heteroatoms. The Kier molecular flexibility index (Phi) is 7.38. The lowest BCUT2D eigenvalue weighted by Gasteiger charge is -2.33. The van der Waals surface area contributed by atoms with Gasteiger partial charge in [-0.05, 0) is 57.9 Å². The Morgan fingerprint density at radius 1 is 0.972 bits per heavy atom. The lowest BCUT2D eigenvalue weighted by atomic mass is 10.0.